The standard InChI is InChI=1S/C8H9N3S/c12-8-2-1-6(11-8)7-5-9-3-4-10-7/h3-6H,1-2H2,(H,11,12). The highest BCUT2D eigenvalue weighted by Gasteiger charge is 2.20. The van der Waals surface area contributed by atoms with Crippen LogP contribution in [0.4, 0.5) is 0 Å². The molecule has 1 saturated heterocycles. The van der Waals surface area contributed by atoms with Gasteiger partial charge in [0.25, 0.3) is 0 Å². The summed E-state index contributed by atoms with van der Waals surface area (Å²) in [6.07, 6.45) is 7.18. The van der Waals surface area contributed by atoms with E-state index in [-0.39, 0.29) is 6.04 Å². The van der Waals surface area contributed by atoms with E-state index in [0.717, 1.165) is 23.5 Å². The molecule has 0 aromatic carbocycles. The first kappa shape index (κ1) is 7.61. The predicted molar refractivity (Wildman–Crippen MR) is 49.7 cm³/mol. The highest BCUT2D eigenvalue weighted by molar-refractivity contribution is 7.80. The summed E-state index contributed by atoms with van der Waals surface area (Å²) >= 11 is 5.04. The third-order valence-corrected chi connectivity index (χ3v) is 2.26. The lowest BCUT2D eigenvalue weighted by Crippen LogP contribution is -2.17. The average Bonchev–Trinajstić information content (AvgIpc) is 2.54. The number of thiocarbonyl (C=S) groups is 1. The zero-order valence-corrected chi connectivity index (χ0v) is 7.34. The molecule has 0 amide bonds. The molecule has 1 aromatic rings. The van der Waals surface area contributed by atoms with Gasteiger partial charge in [-0.05, 0) is 6.42 Å². The SMILES string of the molecule is S=C1CCC(c2cnccn2)N1. The quantitative estimate of drug-likeness (QED) is 0.658. The molecule has 3 nitrogen and oxygen atoms in total. The van der Waals surface area contributed by atoms with Gasteiger partial charge >= 0.3 is 0 Å². The van der Waals surface area contributed by atoms with Crippen LogP contribution in [-0.2, 0) is 0 Å². The third kappa shape index (κ3) is 1.43. The lowest BCUT2D eigenvalue weighted by molar-refractivity contribution is 0.649. The van der Waals surface area contributed by atoms with Crippen LogP contribution in [0.25, 0.3) is 0 Å². The minimum absolute atomic E-state index is 0.284. The normalized spacial score (nSPS) is 22.3. The Morgan fingerprint density at radius 3 is 3.00 bits per heavy atom. The number of rotatable bonds is 1. The van der Waals surface area contributed by atoms with E-state index in [0.29, 0.717) is 0 Å². The minimum atomic E-state index is 0.284. The van der Waals surface area contributed by atoms with Gasteiger partial charge in [0.2, 0.25) is 0 Å². The highest BCUT2D eigenvalue weighted by Crippen LogP contribution is 2.21. The van der Waals surface area contributed by atoms with Crippen LogP contribution in [0.15, 0.2) is 18.6 Å². The second-order valence-corrected chi connectivity index (χ2v) is 3.28. The Hall–Kier alpha value is -1.03. The fraction of sp³-hybridized carbons (Fsp3) is 0.375. The van der Waals surface area contributed by atoms with E-state index in [1.165, 1.54) is 0 Å². The zero-order chi connectivity index (χ0) is 8.39. The van der Waals surface area contributed by atoms with Crippen LogP contribution >= 0.6 is 12.2 Å². The van der Waals surface area contributed by atoms with Crippen LogP contribution in [0, 0.1) is 0 Å². The predicted octanol–water partition coefficient (Wildman–Crippen LogP) is 1.23. The summed E-state index contributed by atoms with van der Waals surface area (Å²) in [6.45, 7) is 0. The summed E-state index contributed by atoms with van der Waals surface area (Å²) in [5.41, 5.74) is 0.984. The molecule has 4 heteroatoms. The molecule has 0 bridgehead atoms. The van der Waals surface area contributed by atoms with Crippen LogP contribution in [0.5, 0.6) is 0 Å². The van der Waals surface area contributed by atoms with Gasteiger partial charge in [-0.15, -0.1) is 0 Å². The van der Waals surface area contributed by atoms with Crippen molar-refractivity contribution >= 4 is 17.2 Å². The van der Waals surface area contributed by atoms with Gasteiger partial charge in [0.1, 0.15) is 0 Å². The van der Waals surface area contributed by atoms with Gasteiger partial charge in [0, 0.05) is 18.8 Å². The summed E-state index contributed by atoms with van der Waals surface area (Å²) < 4.78 is 0. The van der Waals surface area contributed by atoms with Crippen molar-refractivity contribution in [2.45, 2.75) is 18.9 Å². The van der Waals surface area contributed by atoms with Crippen LogP contribution in [0.3, 0.4) is 0 Å². The first-order chi connectivity index (χ1) is 5.86. The van der Waals surface area contributed by atoms with E-state index in [1.807, 2.05) is 0 Å². The van der Waals surface area contributed by atoms with Gasteiger partial charge in [-0.3, -0.25) is 9.97 Å². The minimum Gasteiger partial charge on any atom is -0.371 e. The molecule has 62 valence electrons. The molecule has 1 fully saturated rings. The molecular formula is C8H9N3S. The van der Waals surface area contributed by atoms with Gasteiger partial charge in [0.15, 0.2) is 0 Å². The van der Waals surface area contributed by atoms with Crippen molar-refractivity contribution in [3.05, 3.63) is 24.3 Å². The number of hydrogen-bond acceptors (Lipinski definition) is 3. The molecule has 1 aliphatic heterocycles. The molecule has 2 rings (SSSR count). The topological polar surface area (TPSA) is 37.8 Å². The lowest BCUT2D eigenvalue weighted by Gasteiger charge is -2.07. The Labute approximate surface area is 76.2 Å². The first-order valence-corrected chi connectivity index (χ1v) is 4.32. The summed E-state index contributed by atoms with van der Waals surface area (Å²) in [5.74, 6) is 0. The van der Waals surface area contributed by atoms with Gasteiger partial charge < -0.3 is 5.32 Å². The lowest BCUT2D eigenvalue weighted by atomic mass is 10.2. The van der Waals surface area contributed by atoms with E-state index in [2.05, 4.69) is 15.3 Å². The fourth-order valence-corrected chi connectivity index (χ4v) is 1.59. The summed E-state index contributed by atoms with van der Waals surface area (Å²) in [6, 6.07) is 0.284. The maximum absolute atomic E-state index is 5.04. The Bertz CT molecular complexity index is 286. The van der Waals surface area contributed by atoms with Crippen molar-refractivity contribution < 1.29 is 0 Å². The molecule has 1 atom stereocenters. The molecule has 1 aliphatic rings. The molecule has 2 heterocycles. The van der Waals surface area contributed by atoms with Crippen molar-refractivity contribution in [3.8, 4) is 0 Å². The van der Waals surface area contributed by atoms with Crippen molar-refractivity contribution in [1.29, 1.82) is 0 Å². The maximum atomic E-state index is 5.04. The fourth-order valence-electron chi connectivity index (χ4n) is 1.33. The van der Waals surface area contributed by atoms with Crippen LogP contribution in [0.2, 0.25) is 0 Å². The average molecular weight is 179 g/mol. The molecular weight excluding hydrogens is 170 g/mol. The van der Waals surface area contributed by atoms with E-state index >= 15 is 0 Å². The highest BCUT2D eigenvalue weighted by atomic mass is 32.1. The van der Waals surface area contributed by atoms with Crippen molar-refractivity contribution in [2.24, 2.45) is 0 Å². The van der Waals surface area contributed by atoms with Gasteiger partial charge in [-0.2, -0.15) is 0 Å². The van der Waals surface area contributed by atoms with Crippen LogP contribution in [0.1, 0.15) is 24.6 Å². The Morgan fingerprint density at radius 2 is 2.42 bits per heavy atom. The van der Waals surface area contributed by atoms with Crippen molar-refractivity contribution in [1.82, 2.24) is 15.3 Å². The summed E-state index contributed by atoms with van der Waals surface area (Å²) in [7, 11) is 0. The number of nitrogens with zero attached hydrogens (tertiary/aromatic N) is 2. The van der Waals surface area contributed by atoms with Crippen molar-refractivity contribution in [3.63, 3.8) is 0 Å². The smallest absolute Gasteiger partial charge is 0.0809 e. The van der Waals surface area contributed by atoms with Gasteiger partial charge in [-0.25, -0.2) is 0 Å². The Morgan fingerprint density at radius 1 is 1.50 bits per heavy atom. The second-order valence-electron chi connectivity index (χ2n) is 2.79. The molecule has 0 spiro atoms. The molecule has 1 unspecified atom stereocenters. The van der Waals surface area contributed by atoms with Crippen LogP contribution in [-0.4, -0.2) is 15.0 Å². The molecule has 1 N–H and O–H groups in total. The van der Waals surface area contributed by atoms with E-state index in [4.69, 9.17) is 12.2 Å². The summed E-state index contributed by atoms with van der Waals surface area (Å²) in [5, 5.41) is 3.20. The largest absolute Gasteiger partial charge is 0.371 e. The number of hydrogen-bond donors (Lipinski definition) is 1. The molecule has 0 aliphatic carbocycles. The maximum Gasteiger partial charge on any atom is 0.0809 e. The molecule has 1 aromatic heterocycles. The van der Waals surface area contributed by atoms with Gasteiger partial charge in [0.05, 0.1) is 22.9 Å². The van der Waals surface area contributed by atoms with E-state index < -0.39 is 0 Å². The molecule has 0 radical (unpaired) electrons. The Kier molecular flexibility index (Phi) is 1.99. The summed E-state index contributed by atoms with van der Waals surface area (Å²) in [4.78, 5) is 9.15. The molecule has 12 heavy (non-hydrogen) atoms. The second kappa shape index (κ2) is 3.15. The monoisotopic (exact) mass is 179 g/mol. The number of nitrogens with one attached hydrogen (secondary N) is 1. The first-order valence-electron chi connectivity index (χ1n) is 3.91. The van der Waals surface area contributed by atoms with E-state index in [1.54, 1.807) is 18.6 Å². The van der Waals surface area contributed by atoms with Gasteiger partial charge in [-0.1, -0.05) is 12.2 Å². The van der Waals surface area contributed by atoms with Crippen LogP contribution < -0.4 is 5.32 Å². The Balaban J connectivity index is 2.16. The van der Waals surface area contributed by atoms with Crippen molar-refractivity contribution in [2.75, 3.05) is 0 Å². The van der Waals surface area contributed by atoms with E-state index in [9.17, 15) is 0 Å². The molecule has 0 saturated carbocycles. The number of aromatic nitrogens is 2. The third-order valence-electron chi connectivity index (χ3n) is 1.94. The zero-order valence-electron chi connectivity index (χ0n) is 6.53.